The SMILES string of the molecule is CN(C(=O)Cn1nnc2ccccc21)[C@H]1CCN(c2ccccc2)C1=O. The summed E-state index contributed by atoms with van der Waals surface area (Å²) in [4.78, 5) is 28.7. The van der Waals surface area contributed by atoms with Gasteiger partial charge in [-0.15, -0.1) is 5.10 Å². The van der Waals surface area contributed by atoms with Gasteiger partial charge in [-0.3, -0.25) is 9.59 Å². The normalized spacial score (nSPS) is 17.0. The van der Waals surface area contributed by atoms with Gasteiger partial charge in [-0.05, 0) is 30.7 Å². The van der Waals surface area contributed by atoms with Crippen molar-refractivity contribution < 1.29 is 9.59 Å². The molecule has 1 aliphatic heterocycles. The molecule has 1 atom stereocenters. The van der Waals surface area contributed by atoms with Gasteiger partial charge in [0.1, 0.15) is 18.1 Å². The van der Waals surface area contributed by atoms with Crippen molar-refractivity contribution in [3.8, 4) is 0 Å². The van der Waals surface area contributed by atoms with E-state index in [2.05, 4.69) is 10.3 Å². The van der Waals surface area contributed by atoms with Gasteiger partial charge in [0, 0.05) is 19.3 Å². The predicted octanol–water partition coefficient (Wildman–Crippen LogP) is 1.70. The van der Waals surface area contributed by atoms with Gasteiger partial charge in [0.2, 0.25) is 11.8 Å². The van der Waals surface area contributed by atoms with Crippen LogP contribution in [0.5, 0.6) is 0 Å². The smallest absolute Gasteiger partial charge is 0.249 e. The highest BCUT2D eigenvalue weighted by atomic mass is 16.2. The Kier molecular flexibility index (Phi) is 4.12. The van der Waals surface area contributed by atoms with Gasteiger partial charge >= 0.3 is 0 Å². The fraction of sp³-hybridized carbons (Fsp3) is 0.263. The van der Waals surface area contributed by atoms with Crippen LogP contribution in [-0.4, -0.2) is 51.3 Å². The monoisotopic (exact) mass is 349 g/mol. The molecule has 3 aromatic rings. The largest absolute Gasteiger partial charge is 0.332 e. The maximum atomic E-state index is 12.8. The number of carbonyl (C=O) groups excluding carboxylic acids is 2. The van der Waals surface area contributed by atoms with Crippen LogP contribution in [0.15, 0.2) is 54.6 Å². The number of amides is 2. The highest BCUT2D eigenvalue weighted by Gasteiger charge is 2.37. The zero-order valence-corrected chi connectivity index (χ0v) is 14.4. The van der Waals surface area contributed by atoms with Gasteiger partial charge in [-0.2, -0.15) is 0 Å². The van der Waals surface area contributed by atoms with Crippen LogP contribution in [0.2, 0.25) is 0 Å². The first-order valence-electron chi connectivity index (χ1n) is 8.55. The van der Waals surface area contributed by atoms with Crippen molar-refractivity contribution >= 4 is 28.5 Å². The number of fused-ring (bicyclic) bond motifs is 1. The highest BCUT2D eigenvalue weighted by molar-refractivity contribution is 6.01. The van der Waals surface area contributed by atoms with E-state index in [1.807, 2.05) is 54.6 Å². The molecule has 26 heavy (non-hydrogen) atoms. The van der Waals surface area contributed by atoms with E-state index in [-0.39, 0.29) is 18.4 Å². The molecule has 2 heterocycles. The third kappa shape index (κ3) is 2.81. The molecular formula is C19H19N5O2. The highest BCUT2D eigenvalue weighted by Crippen LogP contribution is 2.24. The minimum atomic E-state index is -0.447. The number of likely N-dealkylation sites (N-methyl/N-ethyl adjacent to an activating group) is 1. The molecule has 0 saturated carbocycles. The predicted molar refractivity (Wildman–Crippen MR) is 97.5 cm³/mol. The minimum Gasteiger partial charge on any atom is -0.332 e. The van der Waals surface area contributed by atoms with E-state index in [9.17, 15) is 9.59 Å². The number of hydrogen-bond donors (Lipinski definition) is 0. The van der Waals surface area contributed by atoms with Crippen LogP contribution in [0, 0.1) is 0 Å². The first kappa shape index (κ1) is 16.3. The van der Waals surface area contributed by atoms with Crippen LogP contribution >= 0.6 is 0 Å². The molecule has 1 aliphatic rings. The van der Waals surface area contributed by atoms with Crippen molar-refractivity contribution in [2.75, 3.05) is 18.5 Å². The molecular weight excluding hydrogens is 330 g/mol. The summed E-state index contributed by atoms with van der Waals surface area (Å²) < 4.78 is 1.57. The number of carbonyl (C=O) groups is 2. The third-order valence-corrected chi connectivity index (χ3v) is 4.81. The van der Waals surface area contributed by atoms with Gasteiger partial charge in [-0.25, -0.2) is 4.68 Å². The maximum Gasteiger partial charge on any atom is 0.249 e. The molecule has 0 unspecified atom stereocenters. The summed E-state index contributed by atoms with van der Waals surface area (Å²) in [6.07, 6.45) is 0.619. The number of nitrogens with zero attached hydrogens (tertiary/aromatic N) is 5. The maximum absolute atomic E-state index is 12.8. The van der Waals surface area contributed by atoms with Gasteiger partial charge in [0.05, 0.1) is 5.52 Å². The Hall–Kier alpha value is -3.22. The number of rotatable bonds is 4. The van der Waals surface area contributed by atoms with E-state index in [1.165, 1.54) is 4.90 Å². The summed E-state index contributed by atoms with van der Waals surface area (Å²) >= 11 is 0. The molecule has 0 aliphatic carbocycles. The van der Waals surface area contributed by atoms with E-state index in [0.29, 0.717) is 13.0 Å². The lowest BCUT2D eigenvalue weighted by atomic mass is 10.2. The number of aromatic nitrogens is 3. The Balaban J connectivity index is 1.48. The number of para-hydroxylation sites is 2. The average molecular weight is 349 g/mol. The van der Waals surface area contributed by atoms with Gasteiger partial charge in [0.15, 0.2) is 0 Å². The van der Waals surface area contributed by atoms with Crippen LogP contribution in [0.4, 0.5) is 5.69 Å². The first-order valence-corrected chi connectivity index (χ1v) is 8.55. The second-order valence-corrected chi connectivity index (χ2v) is 6.37. The molecule has 0 radical (unpaired) electrons. The quantitative estimate of drug-likeness (QED) is 0.719. The Morgan fingerprint density at radius 1 is 1.15 bits per heavy atom. The molecule has 2 amide bonds. The summed E-state index contributed by atoms with van der Waals surface area (Å²) in [6.45, 7) is 0.670. The first-order chi connectivity index (χ1) is 12.6. The van der Waals surface area contributed by atoms with Crippen molar-refractivity contribution in [2.45, 2.75) is 19.0 Å². The van der Waals surface area contributed by atoms with E-state index >= 15 is 0 Å². The number of anilines is 1. The van der Waals surface area contributed by atoms with Crippen molar-refractivity contribution in [2.24, 2.45) is 0 Å². The van der Waals surface area contributed by atoms with Gasteiger partial charge in [-0.1, -0.05) is 35.5 Å². The lowest BCUT2D eigenvalue weighted by Crippen LogP contribution is -2.44. The molecule has 1 fully saturated rings. The Bertz CT molecular complexity index is 953. The Labute approximate surface area is 150 Å². The van der Waals surface area contributed by atoms with Crippen LogP contribution < -0.4 is 4.90 Å². The zero-order valence-electron chi connectivity index (χ0n) is 14.4. The van der Waals surface area contributed by atoms with Crippen LogP contribution in [0.25, 0.3) is 11.0 Å². The van der Waals surface area contributed by atoms with E-state index in [1.54, 1.807) is 16.6 Å². The van der Waals surface area contributed by atoms with Crippen molar-refractivity contribution in [3.05, 3.63) is 54.6 Å². The Morgan fingerprint density at radius 2 is 1.88 bits per heavy atom. The lowest BCUT2D eigenvalue weighted by Gasteiger charge is -2.24. The lowest BCUT2D eigenvalue weighted by molar-refractivity contribution is -0.137. The van der Waals surface area contributed by atoms with Crippen LogP contribution in [0.3, 0.4) is 0 Å². The van der Waals surface area contributed by atoms with Crippen LogP contribution in [-0.2, 0) is 16.1 Å². The molecule has 7 nitrogen and oxygen atoms in total. The summed E-state index contributed by atoms with van der Waals surface area (Å²) in [5.41, 5.74) is 2.41. The van der Waals surface area contributed by atoms with Crippen LogP contribution in [0.1, 0.15) is 6.42 Å². The second kappa shape index (κ2) is 6.59. The molecule has 0 spiro atoms. The van der Waals surface area contributed by atoms with E-state index < -0.39 is 6.04 Å². The third-order valence-electron chi connectivity index (χ3n) is 4.81. The molecule has 4 rings (SSSR count). The fourth-order valence-electron chi connectivity index (χ4n) is 3.34. The summed E-state index contributed by atoms with van der Waals surface area (Å²) in [6, 6.07) is 16.6. The molecule has 0 N–H and O–H groups in total. The summed E-state index contributed by atoms with van der Waals surface area (Å²) in [5, 5.41) is 8.11. The molecule has 0 bridgehead atoms. The van der Waals surface area contributed by atoms with Crippen molar-refractivity contribution in [1.29, 1.82) is 0 Å². The molecule has 2 aromatic carbocycles. The topological polar surface area (TPSA) is 71.3 Å². The average Bonchev–Trinajstić information content (AvgIpc) is 3.26. The molecule has 1 aromatic heterocycles. The number of hydrogen-bond acceptors (Lipinski definition) is 4. The van der Waals surface area contributed by atoms with Crippen molar-refractivity contribution in [1.82, 2.24) is 19.9 Å². The number of benzene rings is 2. The molecule has 7 heteroatoms. The van der Waals surface area contributed by atoms with E-state index in [0.717, 1.165) is 16.7 Å². The molecule has 132 valence electrons. The minimum absolute atomic E-state index is 0.0458. The fourth-order valence-corrected chi connectivity index (χ4v) is 3.34. The summed E-state index contributed by atoms with van der Waals surface area (Å²) in [5.74, 6) is -0.204. The second-order valence-electron chi connectivity index (χ2n) is 6.37. The summed E-state index contributed by atoms with van der Waals surface area (Å²) in [7, 11) is 1.68. The zero-order chi connectivity index (χ0) is 18.1. The Morgan fingerprint density at radius 3 is 2.69 bits per heavy atom. The molecule has 1 saturated heterocycles. The van der Waals surface area contributed by atoms with E-state index in [4.69, 9.17) is 0 Å². The standard InChI is InChI=1S/C19H19N5O2/c1-22(17-11-12-23(19(17)26)14-7-3-2-4-8-14)18(25)13-24-16-10-6-5-9-15(16)20-21-24/h2-10,17H,11-13H2,1H3/t17-/m0/s1. The van der Waals surface area contributed by atoms with Gasteiger partial charge < -0.3 is 9.80 Å². The van der Waals surface area contributed by atoms with Crippen molar-refractivity contribution in [3.63, 3.8) is 0 Å². The van der Waals surface area contributed by atoms with Gasteiger partial charge in [0.25, 0.3) is 0 Å².